The van der Waals surface area contributed by atoms with E-state index in [1.807, 2.05) is 0 Å². The Morgan fingerprint density at radius 1 is 1.37 bits per heavy atom. The van der Waals surface area contributed by atoms with E-state index in [0.717, 1.165) is 31.8 Å². The number of hydrogen-bond donors (Lipinski definition) is 2. The molecule has 0 aliphatic rings. The topological polar surface area (TPSA) is 74.7 Å². The minimum Gasteiger partial charge on any atom is -0.467 e. The van der Waals surface area contributed by atoms with Crippen LogP contribution in [-0.4, -0.2) is 49.4 Å². The van der Waals surface area contributed by atoms with Gasteiger partial charge in [-0.1, -0.05) is 6.92 Å². The number of nitrogens with zero attached hydrogens (tertiary/aromatic N) is 2. The summed E-state index contributed by atoms with van der Waals surface area (Å²) in [7, 11) is 4.11. The predicted molar refractivity (Wildman–Crippen MR) is 74.5 cm³/mol. The standard InChI is InChI=1S/C13H24N4O2/c1-4-5-17(7-6-16(2)3)9-12-8-11(10-19-12)13(18)15-14/h8,10H,4-7,9,14H2,1-3H3,(H,15,18). The number of carbonyl (C=O) groups is 1. The minimum absolute atomic E-state index is 0.328. The fraction of sp³-hybridized carbons (Fsp3) is 0.615. The van der Waals surface area contributed by atoms with E-state index in [0.29, 0.717) is 12.1 Å². The summed E-state index contributed by atoms with van der Waals surface area (Å²) >= 11 is 0. The Morgan fingerprint density at radius 2 is 2.11 bits per heavy atom. The Morgan fingerprint density at radius 3 is 2.68 bits per heavy atom. The third-order valence-corrected chi connectivity index (χ3v) is 2.83. The maximum atomic E-state index is 11.3. The highest BCUT2D eigenvalue weighted by molar-refractivity contribution is 5.93. The molecule has 3 N–H and O–H groups in total. The summed E-state index contributed by atoms with van der Waals surface area (Å²) in [5, 5.41) is 0. The van der Waals surface area contributed by atoms with Crippen LogP contribution in [0, 0.1) is 0 Å². The van der Waals surface area contributed by atoms with Gasteiger partial charge in [-0.25, -0.2) is 5.84 Å². The van der Waals surface area contributed by atoms with Crippen LogP contribution >= 0.6 is 0 Å². The molecule has 0 aliphatic heterocycles. The fourth-order valence-corrected chi connectivity index (χ4v) is 1.81. The lowest BCUT2D eigenvalue weighted by Crippen LogP contribution is -2.32. The van der Waals surface area contributed by atoms with E-state index in [1.165, 1.54) is 6.26 Å². The van der Waals surface area contributed by atoms with E-state index in [2.05, 4.69) is 36.2 Å². The van der Waals surface area contributed by atoms with Gasteiger partial charge in [0.2, 0.25) is 0 Å². The first-order chi connectivity index (χ1) is 9.06. The highest BCUT2D eigenvalue weighted by Gasteiger charge is 2.12. The SMILES string of the molecule is CCCN(CCN(C)C)Cc1cc(C(=O)NN)co1. The van der Waals surface area contributed by atoms with Crippen LogP contribution in [0.15, 0.2) is 16.7 Å². The first kappa shape index (κ1) is 15.7. The lowest BCUT2D eigenvalue weighted by atomic mass is 10.3. The Kier molecular flexibility index (Phi) is 6.55. The number of hydrogen-bond acceptors (Lipinski definition) is 5. The Bertz CT molecular complexity index is 390. The lowest BCUT2D eigenvalue weighted by molar-refractivity contribution is 0.0953. The van der Waals surface area contributed by atoms with Gasteiger partial charge in [0.1, 0.15) is 12.0 Å². The number of nitrogens with two attached hydrogens (primary N) is 1. The molecule has 0 bridgehead atoms. The largest absolute Gasteiger partial charge is 0.467 e. The van der Waals surface area contributed by atoms with Gasteiger partial charge in [0.25, 0.3) is 5.91 Å². The van der Waals surface area contributed by atoms with Crippen LogP contribution in [0.1, 0.15) is 29.5 Å². The van der Waals surface area contributed by atoms with Crippen LogP contribution in [0.2, 0.25) is 0 Å². The van der Waals surface area contributed by atoms with E-state index >= 15 is 0 Å². The molecule has 0 unspecified atom stereocenters. The van der Waals surface area contributed by atoms with E-state index < -0.39 is 0 Å². The molecule has 6 heteroatoms. The van der Waals surface area contributed by atoms with Crippen molar-refractivity contribution >= 4 is 5.91 Å². The van der Waals surface area contributed by atoms with Crippen LogP contribution in [0.25, 0.3) is 0 Å². The molecule has 1 aromatic rings. The molecule has 108 valence electrons. The van der Waals surface area contributed by atoms with Gasteiger partial charge in [-0.05, 0) is 33.1 Å². The first-order valence-electron chi connectivity index (χ1n) is 6.52. The number of rotatable bonds is 8. The predicted octanol–water partition coefficient (Wildman–Crippen LogP) is 0.657. The molecule has 1 aromatic heterocycles. The second-order valence-electron chi connectivity index (χ2n) is 4.85. The molecule has 0 radical (unpaired) electrons. The highest BCUT2D eigenvalue weighted by atomic mass is 16.3. The van der Waals surface area contributed by atoms with Gasteiger partial charge in [0.15, 0.2) is 0 Å². The zero-order valence-electron chi connectivity index (χ0n) is 12.0. The molecular weight excluding hydrogens is 244 g/mol. The zero-order valence-corrected chi connectivity index (χ0v) is 12.0. The number of nitrogen functional groups attached to an aromatic ring is 1. The van der Waals surface area contributed by atoms with Crippen molar-refractivity contribution in [2.45, 2.75) is 19.9 Å². The van der Waals surface area contributed by atoms with Crippen LogP contribution in [0.3, 0.4) is 0 Å². The average Bonchev–Trinajstić information content (AvgIpc) is 2.83. The van der Waals surface area contributed by atoms with Crippen LogP contribution in [0.5, 0.6) is 0 Å². The number of amides is 1. The van der Waals surface area contributed by atoms with Gasteiger partial charge >= 0.3 is 0 Å². The summed E-state index contributed by atoms with van der Waals surface area (Å²) in [6.45, 7) is 5.83. The molecule has 1 heterocycles. The lowest BCUT2D eigenvalue weighted by Gasteiger charge is -2.22. The minimum atomic E-state index is -0.328. The smallest absolute Gasteiger partial charge is 0.268 e. The number of furan rings is 1. The van der Waals surface area contributed by atoms with Gasteiger partial charge in [0, 0.05) is 13.1 Å². The van der Waals surface area contributed by atoms with Gasteiger partial charge in [-0.3, -0.25) is 15.1 Å². The Balaban J connectivity index is 2.57. The van der Waals surface area contributed by atoms with Crippen molar-refractivity contribution in [1.29, 1.82) is 0 Å². The number of hydrazine groups is 1. The molecule has 6 nitrogen and oxygen atoms in total. The third kappa shape index (κ3) is 5.42. The van der Waals surface area contributed by atoms with Gasteiger partial charge in [0.05, 0.1) is 12.1 Å². The number of nitrogens with one attached hydrogen (secondary N) is 1. The van der Waals surface area contributed by atoms with Crippen molar-refractivity contribution < 1.29 is 9.21 Å². The molecule has 1 amide bonds. The van der Waals surface area contributed by atoms with Crippen molar-refractivity contribution in [3.05, 3.63) is 23.7 Å². The van der Waals surface area contributed by atoms with Crippen molar-refractivity contribution in [3.63, 3.8) is 0 Å². The molecule has 0 saturated carbocycles. The van der Waals surface area contributed by atoms with E-state index in [-0.39, 0.29) is 5.91 Å². The van der Waals surface area contributed by atoms with Crippen molar-refractivity contribution in [2.75, 3.05) is 33.7 Å². The van der Waals surface area contributed by atoms with E-state index in [9.17, 15) is 4.79 Å². The third-order valence-electron chi connectivity index (χ3n) is 2.83. The molecule has 0 aliphatic carbocycles. The summed E-state index contributed by atoms with van der Waals surface area (Å²) in [5.74, 6) is 5.54. The van der Waals surface area contributed by atoms with Crippen LogP contribution < -0.4 is 11.3 Å². The normalized spacial score (nSPS) is 11.3. The molecule has 1 rings (SSSR count). The summed E-state index contributed by atoms with van der Waals surface area (Å²) in [6.07, 6.45) is 2.53. The van der Waals surface area contributed by atoms with Crippen LogP contribution in [-0.2, 0) is 6.54 Å². The maximum absolute atomic E-state index is 11.3. The van der Waals surface area contributed by atoms with Gasteiger partial charge < -0.3 is 9.32 Å². The molecule has 0 saturated heterocycles. The van der Waals surface area contributed by atoms with E-state index in [1.54, 1.807) is 6.07 Å². The Labute approximate surface area is 114 Å². The number of likely N-dealkylation sites (N-methyl/N-ethyl adjacent to an activating group) is 1. The average molecular weight is 268 g/mol. The zero-order chi connectivity index (χ0) is 14.3. The molecule has 0 spiro atoms. The summed E-state index contributed by atoms with van der Waals surface area (Å²) < 4.78 is 5.40. The van der Waals surface area contributed by atoms with Gasteiger partial charge in [-0.15, -0.1) is 0 Å². The molecule has 0 aromatic carbocycles. The van der Waals surface area contributed by atoms with Crippen molar-refractivity contribution in [1.82, 2.24) is 15.2 Å². The second kappa shape index (κ2) is 7.93. The molecule has 0 atom stereocenters. The van der Waals surface area contributed by atoms with E-state index in [4.69, 9.17) is 10.3 Å². The van der Waals surface area contributed by atoms with Crippen LogP contribution in [0.4, 0.5) is 0 Å². The fourth-order valence-electron chi connectivity index (χ4n) is 1.81. The molecular formula is C13H24N4O2. The van der Waals surface area contributed by atoms with Crippen molar-refractivity contribution in [2.24, 2.45) is 5.84 Å². The van der Waals surface area contributed by atoms with Crippen molar-refractivity contribution in [3.8, 4) is 0 Å². The quantitative estimate of drug-likeness (QED) is 0.411. The summed E-state index contributed by atoms with van der Waals surface area (Å²) in [4.78, 5) is 15.8. The maximum Gasteiger partial charge on any atom is 0.268 e. The van der Waals surface area contributed by atoms with Gasteiger partial charge in [-0.2, -0.15) is 0 Å². The number of carbonyl (C=O) groups excluding carboxylic acids is 1. The first-order valence-corrected chi connectivity index (χ1v) is 6.52. The highest BCUT2D eigenvalue weighted by Crippen LogP contribution is 2.11. The molecule has 0 fully saturated rings. The second-order valence-corrected chi connectivity index (χ2v) is 4.85. The summed E-state index contributed by atoms with van der Waals surface area (Å²) in [5.41, 5.74) is 2.55. The summed E-state index contributed by atoms with van der Waals surface area (Å²) in [6, 6.07) is 1.74. The monoisotopic (exact) mass is 268 g/mol. The molecule has 19 heavy (non-hydrogen) atoms. The Hall–Kier alpha value is -1.37.